The molecule has 1 heterocycles. The molecule has 1 aromatic carbocycles. The van der Waals surface area contributed by atoms with Crippen molar-refractivity contribution in [1.82, 2.24) is 4.90 Å². The van der Waals surface area contributed by atoms with Gasteiger partial charge in [0.05, 0.1) is 6.42 Å². The molecule has 1 fully saturated rings. The van der Waals surface area contributed by atoms with E-state index in [1.807, 2.05) is 24.3 Å². The van der Waals surface area contributed by atoms with Crippen LogP contribution in [0.1, 0.15) is 30.9 Å². The molecule has 0 aromatic heterocycles. The van der Waals surface area contributed by atoms with Crippen LogP contribution in [0.3, 0.4) is 0 Å². The van der Waals surface area contributed by atoms with Gasteiger partial charge in [-0.3, -0.25) is 4.79 Å². The van der Waals surface area contributed by atoms with Gasteiger partial charge in [-0.1, -0.05) is 31.2 Å². The van der Waals surface area contributed by atoms with E-state index in [4.69, 9.17) is 5.11 Å². The molecule has 4 heteroatoms. The average Bonchev–Trinajstić information content (AvgIpc) is 2.88. The van der Waals surface area contributed by atoms with Crippen LogP contribution in [0.15, 0.2) is 24.3 Å². The molecule has 0 unspecified atom stereocenters. The monoisotopic (exact) mass is 261 g/mol. The van der Waals surface area contributed by atoms with Gasteiger partial charge in [0, 0.05) is 6.54 Å². The number of carbonyl (C=O) groups excluding carboxylic acids is 1. The minimum atomic E-state index is -0.894. The van der Waals surface area contributed by atoms with E-state index in [1.54, 1.807) is 0 Å². The number of benzene rings is 1. The van der Waals surface area contributed by atoms with Gasteiger partial charge in [-0.25, -0.2) is 4.79 Å². The Morgan fingerprint density at radius 1 is 1.32 bits per heavy atom. The molecule has 1 aliphatic rings. The summed E-state index contributed by atoms with van der Waals surface area (Å²) in [4.78, 5) is 24.9. The normalized spacial score (nSPS) is 18.6. The molecule has 1 aromatic rings. The molecule has 1 atom stereocenters. The Hall–Kier alpha value is -1.84. The zero-order valence-electron chi connectivity index (χ0n) is 11.1. The van der Waals surface area contributed by atoms with Crippen LogP contribution in [0.2, 0.25) is 0 Å². The van der Waals surface area contributed by atoms with E-state index in [2.05, 4.69) is 6.92 Å². The first-order valence-corrected chi connectivity index (χ1v) is 6.72. The van der Waals surface area contributed by atoms with Crippen molar-refractivity contribution in [2.75, 3.05) is 6.54 Å². The number of carbonyl (C=O) groups is 2. The minimum Gasteiger partial charge on any atom is -0.480 e. The molecular weight excluding hydrogens is 242 g/mol. The van der Waals surface area contributed by atoms with Gasteiger partial charge in [0.15, 0.2) is 0 Å². The van der Waals surface area contributed by atoms with E-state index in [0.29, 0.717) is 19.4 Å². The van der Waals surface area contributed by atoms with Crippen LogP contribution >= 0.6 is 0 Å². The molecule has 0 radical (unpaired) electrons. The van der Waals surface area contributed by atoms with Crippen LogP contribution < -0.4 is 0 Å². The van der Waals surface area contributed by atoms with Crippen molar-refractivity contribution in [1.29, 1.82) is 0 Å². The van der Waals surface area contributed by atoms with E-state index in [9.17, 15) is 9.59 Å². The van der Waals surface area contributed by atoms with Crippen molar-refractivity contribution in [3.8, 4) is 0 Å². The SMILES string of the molecule is CCc1ccccc1CC(=O)N1CCC[C@H]1C(=O)O. The fourth-order valence-corrected chi connectivity index (χ4v) is 2.66. The van der Waals surface area contributed by atoms with Crippen LogP contribution in [-0.2, 0) is 22.4 Å². The zero-order chi connectivity index (χ0) is 13.8. The third-order valence-corrected chi connectivity index (χ3v) is 3.70. The van der Waals surface area contributed by atoms with Crippen molar-refractivity contribution in [3.05, 3.63) is 35.4 Å². The summed E-state index contributed by atoms with van der Waals surface area (Å²) in [5.41, 5.74) is 2.16. The molecule has 0 saturated carbocycles. The first-order valence-electron chi connectivity index (χ1n) is 6.72. The second-order valence-electron chi connectivity index (χ2n) is 4.88. The molecule has 4 nitrogen and oxygen atoms in total. The van der Waals surface area contributed by atoms with E-state index in [1.165, 1.54) is 4.90 Å². The summed E-state index contributed by atoms with van der Waals surface area (Å²) in [7, 11) is 0. The number of nitrogens with zero attached hydrogens (tertiary/aromatic N) is 1. The number of amides is 1. The summed E-state index contributed by atoms with van der Waals surface area (Å²) in [6, 6.07) is 7.20. The Labute approximate surface area is 113 Å². The van der Waals surface area contributed by atoms with Gasteiger partial charge in [0.1, 0.15) is 6.04 Å². The highest BCUT2D eigenvalue weighted by Gasteiger charge is 2.33. The third-order valence-electron chi connectivity index (χ3n) is 3.70. The van der Waals surface area contributed by atoms with Crippen molar-refractivity contribution in [3.63, 3.8) is 0 Å². The number of hydrogen-bond donors (Lipinski definition) is 1. The van der Waals surface area contributed by atoms with Gasteiger partial charge >= 0.3 is 5.97 Å². The topological polar surface area (TPSA) is 57.6 Å². The summed E-state index contributed by atoms with van der Waals surface area (Å²) in [5.74, 6) is -0.972. The lowest BCUT2D eigenvalue weighted by Crippen LogP contribution is -2.41. The predicted molar refractivity (Wildman–Crippen MR) is 71.9 cm³/mol. The molecule has 19 heavy (non-hydrogen) atoms. The second-order valence-corrected chi connectivity index (χ2v) is 4.88. The number of carboxylic acid groups (broad SMARTS) is 1. The molecule has 0 bridgehead atoms. The molecule has 1 amide bonds. The standard InChI is InChI=1S/C15H19NO3/c1-2-11-6-3-4-7-12(11)10-14(17)16-9-5-8-13(16)15(18)19/h3-4,6-7,13H,2,5,8-10H2,1H3,(H,18,19)/t13-/m0/s1. The van der Waals surface area contributed by atoms with Gasteiger partial charge in [-0.15, -0.1) is 0 Å². The Morgan fingerprint density at radius 2 is 2.00 bits per heavy atom. The lowest BCUT2D eigenvalue weighted by atomic mass is 10.0. The first kappa shape index (κ1) is 13.6. The molecule has 0 aliphatic carbocycles. The fourth-order valence-electron chi connectivity index (χ4n) is 2.66. The summed E-state index contributed by atoms with van der Waals surface area (Å²) >= 11 is 0. The maximum absolute atomic E-state index is 12.3. The first-order chi connectivity index (χ1) is 9.13. The van der Waals surface area contributed by atoms with E-state index in [-0.39, 0.29) is 5.91 Å². The Kier molecular flexibility index (Phi) is 4.20. The van der Waals surface area contributed by atoms with E-state index in [0.717, 1.165) is 24.0 Å². The molecule has 0 spiro atoms. The van der Waals surface area contributed by atoms with Crippen LogP contribution in [0.5, 0.6) is 0 Å². The highest BCUT2D eigenvalue weighted by atomic mass is 16.4. The number of likely N-dealkylation sites (tertiary alicyclic amines) is 1. The van der Waals surface area contributed by atoms with Crippen molar-refractivity contribution < 1.29 is 14.7 Å². The molecule has 1 saturated heterocycles. The van der Waals surface area contributed by atoms with Gasteiger partial charge in [0.2, 0.25) is 5.91 Å². The van der Waals surface area contributed by atoms with Crippen LogP contribution in [0, 0.1) is 0 Å². The molecule has 102 valence electrons. The van der Waals surface area contributed by atoms with Gasteiger partial charge in [0.25, 0.3) is 0 Å². The number of carboxylic acids is 1. The molecular formula is C15H19NO3. The predicted octanol–water partition coefficient (Wildman–Crippen LogP) is 1.87. The maximum Gasteiger partial charge on any atom is 0.326 e. The Balaban J connectivity index is 2.10. The zero-order valence-corrected chi connectivity index (χ0v) is 11.1. The van der Waals surface area contributed by atoms with Gasteiger partial charge < -0.3 is 10.0 Å². The molecule has 2 rings (SSSR count). The number of aliphatic carboxylic acids is 1. The quantitative estimate of drug-likeness (QED) is 0.900. The summed E-state index contributed by atoms with van der Waals surface area (Å²) < 4.78 is 0. The number of rotatable bonds is 4. The summed E-state index contributed by atoms with van der Waals surface area (Å²) in [6.45, 7) is 2.61. The summed E-state index contributed by atoms with van der Waals surface area (Å²) in [6.07, 6.45) is 2.52. The van der Waals surface area contributed by atoms with Gasteiger partial charge in [-0.2, -0.15) is 0 Å². The van der Waals surface area contributed by atoms with Crippen molar-refractivity contribution in [2.24, 2.45) is 0 Å². The molecule has 1 N–H and O–H groups in total. The van der Waals surface area contributed by atoms with Crippen LogP contribution in [0.25, 0.3) is 0 Å². The van der Waals surface area contributed by atoms with Crippen LogP contribution in [0.4, 0.5) is 0 Å². The lowest BCUT2D eigenvalue weighted by molar-refractivity contribution is -0.148. The number of hydrogen-bond acceptors (Lipinski definition) is 2. The number of aryl methyl sites for hydroxylation is 1. The van der Waals surface area contributed by atoms with Crippen molar-refractivity contribution >= 4 is 11.9 Å². The average molecular weight is 261 g/mol. The fraction of sp³-hybridized carbons (Fsp3) is 0.467. The Bertz CT molecular complexity index is 484. The maximum atomic E-state index is 12.3. The highest BCUT2D eigenvalue weighted by molar-refractivity contribution is 5.85. The highest BCUT2D eigenvalue weighted by Crippen LogP contribution is 2.20. The van der Waals surface area contributed by atoms with Gasteiger partial charge in [-0.05, 0) is 30.4 Å². The van der Waals surface area contributed by atoms with E-state index < -0.39 is 12.0 Å². The molecule has 1 aliphatic heterocycles. The third kappa shape index (κ3) is 2.95. The Morgan fingerprint density at radius 3 is 2.63 bits per heavy atom. The van der Waals surface area contributed by atoms with Crippen LogP contribution in [-0.4, -0.2) is 34.5 Å². The largest absolute Gasteiger partial charge is 0.480 e. The van der Waals surface area contributed by atoms with Crippen molar-refractivity contribution in [2.45, 2.75) is 38.6 Å². The van der Waals surface area contributed by atoms with E-state index >= 15 is 0 Å². The summed E-state index contributed by atoms with van der Waals surface area (Å²) in [5, 5.41) is 9.11. The smallest absolute Gasteiger partial charge is 0.326 e. The lowest BCUT2D eigenvalue weighted by Gasteiger charge is -2.22. The minimum absolute atomic E-state index is 0.0780. The second kappa shape index (κ2) is 5.87.